The minimum absolute atomic E-state index is 0.0243. The molecule has 0 spiro atoms. The first-order valence-corrected chi connectivity index (χ1v) is 14.4. The van der Waals surface area contributed by atoms with Gasteiger partial charge in [-0.3, -0.25) is 4.79 Å². The minimum atomic E-state index is -0.410. The van der Waals surface area contributed by atoms with Gasteiger partial charge in [-0.05, 0) is 117 Å². The van der Waals surface area contributed by atoms with E-state index in [4.69, 9.17) is 4.74 Å². The second-order valence-electron chi connectivity index (χ2n) is 14.6. The van der Waals surface area contributed by atoms with Crippen LogP contribution in [0.1, 0.15) is 98.8 Å². The Morgan fingerprint density at radius 3 is 2.26 bits per heavy atom. The Balaban J connectivity index is 1.56. The minimum Gasteiger partial charge on any atom is -0.469 e. The molecule has 11 atom stereocenters. The lowest BCUT2D eigenvalue weighted by Gasteiger charge is -2.72. The molecule has 0 aliphatic heterocycles. The summed E-state index contributed by atoms with van der Waals surface area (Å²) in [6.45, 7) is 16.4. The average molecular weight is 487 g/mol. The van der Waals surface area contributed by atoms with E-state index < -0.39 is 11.5 Å². The number of ether oxygens (including phenoxy) is 1. The maximum absolute atomic E-state index is 13.4. The van der Waals surface area contributed by atoms with Gasteiger partial charge in [-0.1, -0.05) is 39.8 Å². The summed E-state index contributed by atoms with van der Waals surface area (Å²) in [6, 6.07) is 0. The van der Waals surface area contributed by atoms with Crippen LogP contribution in [0.15, 0.2) is 12.2 Å². The molecule has 0 heterocycles. The quantitative estimate of drug-likeness (QED) is 0.371. The van der Waals surface area contributed by atoms with E-state index in [1.165, 1.54) is 18.4 Å². The molecule has 0 aromatic heterocycles. The van der Waals surface area contributed by atoms with Crippen LogP contribution in [0.25, 0.3) is 0 Å². The number of methoxy groups -OCH3 is 1. The zero-order valence-corrected chi connectivity index (χ0v) is 23.2. The second kappa shape index (κ2) is 8.06. The summed E-state index contributed by atoms with van der Waals surface area (Å²) in [4.78, 5) is 13.4. The van der Waals surface area contributed by atoms with E-state index in [1.54, 1.807) is 7.11 Å². The third-order valence-corrected chi connectivity index (χ3v) is 13.8. The summed E-state index contributed by atoms with van der Waals surface area (Å²) in [6.07, 6.45) is 10.1. The number of hydrogen-bond donors (Lipinski definition) is 2. The van der Waals surface area contributed by atoms with Crippen molar-refractivity contribution in [2.45, 2.75) is 105 Å². The first-order valence-electron chi connectivity index (χ1n) is 14.4. The van der Waals surface area contributed by atoms with E-state index >= 15 is 0 Å². The van der Waals surface area contributed by atoms with Crippen molar-refractivity contribution >= 4 is 5.97 Å². The second-order valence-corrected chi connectivity index (χ2v) is 14.6. The van der Waals surface area contributed by atoms with Crippen LogP contribution >= 0.6 is 0 Å². The Labute approximate surface area is 213 Å². The van der Waals surface area contributed by atoms with Gasteiger partial charge in [-0.15, -0.1) is 0 Å². The Bertz CT molecular complexity index is 898. The molecule has 35 heavy (non-hydrogen) atoms. The van der Waals surface area contributed by atoms with Gasteiger partial charge in [-0.2, -0.15) is 0 Å². The Hall–Kier alpha value is -0.870. The van der Waals surface area contributed by atoms with E-state index in [0.29, 0.717) is 29.6 Å². The zero-order valence-electron chi connectivity index (χ0n) is 23.2. The van der Waals surface area contributed by atoms with E-state index in [9.17, 15) is 15.0 Å². The molecule has 5 rings (SSSR count). The molecule has 4 nitrogen and oxygen atoms in total. The SMILES string of the molecule is C=C(C)[C@@H]1CC[C@]2(C(=O)OC)CC[C@]3(C)C(CCC4[C@@]5(C)CC[C@H](O)[C@@](C)(CO)C5CC[C@]43C)C12. The lowest BCUT2D eigenvalue weighted by atomic mass is 9.32. The van der Waals surface area contributed by atoms with E-state index in [0.717, 1.165) is 51.4 Å². The van der Waals surface area contributed by atoms with E-state index in [1.807, 2.05) is 0 Å². The van der Waals surface area contributed by atoms with Crippen LogP contribution in [-0.4, -0.2) is 36.0 Å². The summed E-state index contributed by atoms with van der Waals surface area (Å²) < 4.78 is 5.48. The first kappa shape index (κ1) is 25.8. The first-order chi connectivity index (χ1) is 16.4. The number of rotatable bonds is 3. The van der Waals surface area contributed by atoms with Crippen molar-refractivity contribution in [1.82, 2.24) is 0 Å². The molecule has 5 saturated carbocycles. The van der Waals surface area contributed by atoms with Crippen molar-refractivity contribution in [3.63, 3.8) is 0 Å². The number of aliphatic hydroxyl groups is 2. The summed E-state index contributed by atoms with van der Waals surface area (Å²) >= 11 is 0. The molecule has 0 amide bonds. The van der Waals surface area contributed by atoms with Crippen molar-refractivity contribution in [3.8, 4) is 0 Å². The highest BCUT2D eigenvalue weighted by atomic mass is 16.5. The van der Waals surface area contributed by atoms with Gasteiger partial charge >= 0.3 is 5.97 Å². The summed E-state index contributed by atoms with van der Waals surface area (Å²) in [7, 11) is 1.58. The number of fused-ring (bicyclic) bond motifs is 7. The average Bonchev–Trinajstić information content (AvgIpc) is 3.23. The van der Waals surface area contributed by atoms with Gasteiger partial charge in [0.05, 0.1) is 25.2 Å². The zero-order chi connectivity index (χ0) is 25.6. The molecule has 5 fully saturated rings. The number of carbonyl (C=O) groups is 1. The number of carbonyl (C=O) groups excluding carboxylic acids is 1. The molecule has 4 unspecified atom stereocenters. The Morgan fingerprint density at radius 2 is 1.63 bits per heavy atom. The maximum atomic E-state index is 13.4. The molecule has 0 aromatic rings. The molecule has 0 saturated heterocycles. The Kier molecular flexibility index (Phi) is 5.94. The largest absolute Gasteiger partial charge is 0.469 e. The van der Waals surface area contributed by atoms with Crippen LogP contribution in [0, 0.1) is 56.7 Å². The van der Waals surface area contributed by atoms with Gasteiger partial charge in [0, 0.05) is 5.41 Å². The van der Waals surface area contributed by atoms with Crippen molar-refractivity contribution in [2.24, 2.45) is 56.7 Å². The van der Waals surface area contributed by atoms with E-state index in [2.05, 4.69) is 41.2 Å². The fraction of sp³-hybridized carbons (Fsp3) is 0.903. The van der Waals surface area contributed by atoms with Crippen LogP contribution < -0.4 is 0 Å². The molecule has 4 heteroatoms. The number of allylic oxidation sites excluding steroid dienone is 1. The summed E-state index contributed by atoms with van der Waals surface area (Å²) in [5.41, 5.74) is 1.01. The number of hydrogen-bond acceptors (Lipinski definition) is 4. The maximum Gasteiger partial charge on any atom is 0.312 e. The Morgan fingerprint density at radius 1 is 0.914 bits per heavy atom. The highest BCUT2D eigenvalue weighted by molar-refractivity contribution is 5.78. The van der Waals surface area contributed by atoms with Gasteiger partial charge in [0.15, 0.2) is 0 Å². The molecule has 5 aliphatic rings. The van der Waals surface area contributed by atoms with Crippen molar-refractivity contribution in [1.29, 1.82) is 0 Å². The molecular formula is C31H50O4. The summed E-state index contributed by atoms with van der Waals surface area (Å²) in [5, 5.41) is 21.4. The molecular weight excluding hydrogens is 436 g/mol. The molecule has 2 N–H and O–H groups in total. The number of aliphatic hydroxyl groups excluding tert-OH is 2. The van der Waals surface area contributed by atoms with Crippen LogP contribution in [-0.2, 0) is 9.53 Å². The van der Waals surface area contributed by atoms with Gasteiger partial charge in [-0.25, -0.2) is 0 Å². The van der Waals surface area contributed by atoms with Gasteiger partial charge in [0.25, 0.3) is 0 Å². The predicted molar refractivity (Wildman–Crippen MR) is 138 cm³/mol. The van der Waals surface area contributed by atoms with Crippen molar-refractivity contribution < 1.29 is 19.7 Å². The summed E-state index contributed by atoms with van der Waals surface area (Å²) in [5.74, 6) is 2.23. The van der Waals surface area contributed by atoms with Crippen molar-refractivity contribution in [3.05, 3.63) is 12.2 Å². The lowest BCUT2D eigenvalue weighted by molar-refractivity contribution is -0.254. The van der Waals surface area contributed by atoms with Crippen LogP contribution in [0.5, 0.6) is 0 Å². The lowest BCUT2D eigenvalue weighted by Crippen LogP contribution is -2.67. The van der Waals surface area contributed by atoms with Crippen LogP contribution in [0.3, 0.4) is 0 Å². The van der Waals surface area contributed by atoms with Crippen molar-refractivity contribution in [2.75, 3.05) is 13.7 Å². The van der Waals surface area contributed by atoms with E-state index in [-0.39, 0.29) is 34.2 Å². The standard InChI is InChI=1S/C31H50O4/c1-19(2)20-10-15-31(26(34)35-7)17-16-29(5)21(25(20)31)8-9-23-27(3)13-12-24(33)28(4,18-32)22(27)11-14-30(23,29)6/h20-25,32-33H,1,8-18H2,2-7H3/t20-,21?,22?,23?,24-,25?,27-,28-,29+,30+,31-/m0/s1. The van der Waals surface area contributed by atoms with Crippen LogP contribution in [0.4, 0.5) is 0 Å². The monoisotopic (exact) mass is 486 g/mol. The number of esters is 1. The fourth-order valence-electron chi connectivity index (χ4n) is 11.7. The van der Waals surface area contributed by atoms with Gasteiger partial charge < -0.3 is 14.9 Å². The normalized spacial score (nSPS) is 55.2. The molecule has 0 aromatic carbocycles. The molecule has 5 aliphatic carbocycles. The predicted octanol–water partition coefficient (Wildman–Crippen LogP) is 6.15. The molecule has 0 bridgehead atoms. The topological polar surface area (TPSA) is 66.8 Å². The van der Waals surface area contributed by atoms with Gasteiger partial charge in [0.2, 0.25) is 0 Å². The van der Waals surface area contributed by atoms with Crippen LogP contribution in [0.2, 0.25) is 0 Å². The molecule has 198 valence electrons. The third-order valence-electron chi connectivity index (χ3n) is 13.8. The highest BCUT2D eigenvalue weighted by Gasteiger charge is 2.72. The van der Waals surface area contributed by atoms with Gasteiger partial charge in [0.1, 0.15) is 0 Å². The fourth-order valence-corrected chi connectivity index (χ4v) is 11.7. The highest BCUT2D eigenvalue weighted by Crippen LogP contribution is 2.77. The smallest absolute Gasteiger partial charge is 0.312 e. The third kappa shape index (κ3) is 3.02. The molecule has 0 radical (unpaired) electrons.